The van der Waals surface area contributed by atoms with Gasteiger partial charge in [-0.05, 0) is 63.5 Å². The zero-order valence-corrected chi connectivity index (χ0v) is 15.9. The van der Waals surface area contributed by atoms with Gasteiger partial charge in [-0.1, -0.05) is 11.6 Å². The third kappa shape index (κ3) is 5.38. The van der Waals surface area contributed by atoms with Crippen LogP contribution in [0.15, 0.2) is 17.3 Å². The Hall–Kier alpha value is -2.24. The molecular formula is C20H29NO5. The van der Waals surface area contributed by atoms with E-state index in [1.807, 2.05) is 13.0 Å². The lowest BCUT2D eigenvalue weighted by Crippen LogP contribution is -2.18. The number of hydrogen-bond donors (Lipinski definition) is 1. The van der Waals surface area contributed by atoms with Crippen LogP contribution in [0, 0.1) is 0 Å². The van der Waals surface area contributed by atoms with Crippen molar-refractivity contribution in [2.24, 2.45) is 5.16 Å². The molecule has 0 aromatic heterocycles. The van der Waals surface area contributed by atoms with Crippen molar-refractivity contribution in [2.45, 2.75) is 64.4 Å². The minimum absolute atomic E-state index is 0.218. The van der Waals surface area contributed by atoms with Gasteiger partial charge in [0.15, 0.2) is 0 Å². The van der Waals surface area contributed by atoms with E-state index < -0.39 is 0 Å². The molecule has 26 heavy (non-hydrogen) atoms. The molecule has 1 aliphatic heterocycles. The van der Waals surface area contributed by atoms with Crippen LogP contribution in [0.4, 0.5) is 0 Å². The van der Waals surface area contributed by atoms with Crippen molar-refractivity contribution in [3.8, 4) is 11.5 Å². The molecule has 1 aromatic carbocycles. The average molecular weight is 363 g/mol. The summed E-state index contributed by atoms with van der Waals surface area (Å²) >= 11 is 0. The van der Waals surface area contributed by atoms with Crippen LogP contribution in [0.5, 0.6) is 11.5 Å². The van der Waals surface area contributed by atoms with Crippen molar-refractivity contribution >= 4 is 11.7 Å². The van der Waals surface area contributed by atoms with Crippen molar-refractivity contribution < 1.29 is 24.2 Å². The van der Waals surface area contributed by atoms with Crippen molar-refractivity contribution in [3.63, 3.8) is 0 Å². The number of carbonyl (C=O) groups is 1. The van der Waals surface area contributed by atoms with Gasteiger partial charge in [-0.2, -0.15) is 0 Å². The summed E-state index contributed by atoms with van der Waals surface area (Å²) < 4.78 is 16.4. The van der Waals surface area contributed by atoms with Crippen LogP contribution in [0.1, 0.15) is 67.8 Å². The second-order valence-corrected chi connectivity index (χ2v) is 6.70. The van der Waals surface area contributed by atoms with E-state index in [4.69, 9.17) is 19.4 Å². The summed E-state index contributed by atoms with van der Waals surface area (Å²) in [4.78, 5) is 12.8. The van der Waals surface area contributed by atoms with Crippen LogP contribution in [-0.2, 0) is 11.2 Å². The lowest BCUT2D eigenvalue weighted by molar-refractivity contribution is 0.0317. The van der Waals surface area contributed by atoms with E-state index in [0.717, 1.165) is 62.6 Å². The topological polar surface area (TPSA) is 77.4 Å². The zero-order valence-electron chi connectivity index (χ0n) is 15.9. The fourth-order valence-electron chi connectivity index (χ4n) is 3.29. The van der Waals surface area contributed by atoms with Gasteiger partial charge in [-0.3, -0.25) is 0 Å². The maximum atomic E-state index is 12.8. The molecule has 1 aromatic rings. The number of aryl methyl sites for hydroxylation is 1. The molecule has 1 heterocycles. The zero-order chi connectivity index (χ0) is 18.9. The molecule has 0 aliphatic carbocycles. The van der Waals surface area contributed by atoms with Crippen molar-refractivity contribution in [1.82, 2.24) is 0 Å². The van der Waals surface area contributed by atoms with Crippen molar-refractivity contribution in [1.29, 1.82) is 0 Å². The number of nitrogens with zero attached hydrogens (tertiary/aromatic N) is 1. The van der Waals surface area contributed by atoms with E-state index in [1.54, 1.807) is 20.3 Å². The number of fused-ring (bicyclic) bond motifs is 1. The Labute approximate surface area is 155 Å². The standard InChI is InChI=1S/C20H29NO5/c1-14-8-7-11-16(21-23)10-6-4-5-9-15-12-17(24-2)13-18(25-3)19(15)20(22)26-14/h12-14,23H,4-11H2,1-3H3/b21-16-/t14-/m0/s1. The summed E-state index contributed by atoms with van der Waals surface area (Å²) in [6.07, 6.45) is 6.47. The molecule has 0 spiro atoms. The molecular weight excluding hydrogens is 334 g/mol. The molecule has 1 N–H and O–H groups in total. The Balaban J connectivity index is 2.30. The number of cyclic esters (lactones) is 1. The Morgan fingerprint density at radius 2 is 1.81 bits per heavy atom. The van der Waals surface area contributed by atoms with Crippen LogP contribution in [0.2, 0.25) is 0 Å². The van der Waals surface area contributed by atoms with Gasteiger partial charge in [-0.15, -0.1) is 0 Å². The van der Waals surface area contributed by atoms with E-state index in [0.29, 0.717) is 17.1 Å². The molecule has 0 unspecified atom stereocenters. The third-order valence-corrected chi connectivity index (χ3v) is 4.75. The first-order valence-electron chi connectivity index (χ1n) is 9.24. The summed E-state index contributed by atoms with van der Waals surface area (Å²) in [5.41, 5.74) is 2.20. The second kappa shape index (κ2) is 10.0. The minimum Gasteiger partial charge on any atom is -0.497 e. The quantitative estimate of drug-likeness (QED) is 0.480. The lowest BCUT2D eigenvalue weighted by Gasteiger charge is -2.19. The first kappa shape index (κ1) is 20.1. The number of ether oxygens (including phenoxy) is 3. The number of esters is 1. The van der Waals surface area contributed by atoms with Gasteiger partial charge in [0.2, 0.25) is 0 Å². The van der Waals surface area contributed by atoms with Crippen molar-refractivity contribution in [2.75, 3.05) is 14.2 Å². The number of methoxy groups -OCH3 is 2. The number of benzene rings is 1. The van der Waals surface area contributed by atoms with Crippen LogP contribution in [0.25, 0.3) is 0 Å². The molecule has 1 atom stereocenters. The second-order valence-electron chi connectivity index (χ2n) is 6.70. The lowest BCUT2D eigenvalue weighted by atomic mass is 9.98. The molecule has 1 aliphatic rings. The van der Waals surface area contributed by atoms with Crippen molar-refractivity contribution in [3.05, 3.63) is 23.3 Å². The summed E-state index contributed by atoms with van der Waals surface area (Å²) in [6.45, 7) is 1.88. The Bertz CT molecular complexity index is 641. The van der Waals surface area contributed by atoms with Crippen LogP contribution >= 0.6 is 0 Å². The van der Waals surface area contributed by atoms with E-state index >= 15 is 0 Å². The molecule has 0 saturated heterocycles. The Kier molecular flexibility index (Phi) is 7.75. The fourth-order valence-corrected chi connectivity index (χ4v) is 3.29. The maximum absolute atomic E-state index is 12.8. The SMILES string of the molecule is COc1cc2c(c(OC)c1)C(=O)O[C@@H](C)CCC/C(=N\O)CCCCC2. The molecule has 144 valence electrons. The molecule has 6 nitrogen and oxygen atoms in total. The average Bonchev–Trinajstić information content (AvgIpc) is 2.64. The molecule has 0 bridgehead atoms. The van der Waals surface area contributed by atoms with Gasteiger partial charge in [-0.25, -0.2) is 4.79 Å². The minimum atomic E-state index is -0.361. The van der Waals surface area contributed by atoms with Gasteiger partial charge in [0.1, 0.15) is 17.1 Å². The molecule has 0 radical (unpaired) electrons. The highest BCUT2D eigenvalue weighted by Gasteiger charge is 2.22. The molecule has 0 fully saturated rings. The summed E-state index contributed by atoms with van der Waals surface area (Å²) in [5, 5.41) is 12.5. The molecule has 0 saturated carbocycles. The Morgan fingerprint density at radius 3 is 2.50 bits per heavy atom. The first-order chi connectivity index (χ1) is 12.6. The van der Waals surface area contributed by atoms with Gasteiger partial charge >= 0.3 is 5.97 Å². The van der Waals surface area contributed by atoms with Crippen LogP contribution in [-0.4, -0.2) is 37.2 Å². The highest BCUT2D eigenvalue weighted by Crippen LogP contribution is 2.31. The number of oxime groups is 1. The monoisotopic (exact) mass is 363 g/mol. The predicted octanol–water partition coefficient (Wildman–Crippen LogP) is 4.37. The van der Waals surface area contributed by atoms with Gasteiger partial charge in [0, 0.05) is 6.07 Å². The summed E-state index contributed by atoms with van der Waals surface area (Å²) in [5.74, 6) is 0.788. The number of hydrogen-bond acceptors (Lipinski definition) is 6. The van der Waals surface area contributed by atoms with Crippen LogP contribution in [0.3, 0.4) is 0 Å². The fraction of sp³-hybridized carbons (Fsp3) is 0.600. The maximum Gasteiger partial charge on any atom is 0.342 e. The predicted molar refractivity (Wildman–Crippen MR) is 99.7 cm³/mol. The third-order valence-electron chi connectivity index (χ3n) is 4.75. The highest BCUT2D eigenvalue weighted by molar-refractivity contribution is 5.94. The Morgan fingerprint density at radius 1 is 1.08 bits per heavy atom. The van der Waals surface area contributed by atoms with E-state index in [9.17, 15) is 4.79 Å². The number of carbonyl (C=O) groups excluding carboxylic acids is 1. The van der Waals surface area contributed by atoms with Crippen LogP contribution < -0.4 is 9.47 Å². The van der Waals surface area contributed by atoms with Gasteiger partial charge < -0.3 is 19.4 Å². The first-order valence-corrected chi connectivity index (χ1v) is 9.24. The van der Waals surface area contributed by atoms with Gasteiger partial charge in [0.25, 0.3) is 0 Å². The van der Waals surface area contributed by atoms with E-state index in [1.165, 1.54) is 0 Å². The number of rotatable bonds is 2. The highest BCUT2D eigenvalue weighted by atomic mass is 16.5. The van der Waals surface area contributed by atoms with E-state index in [2.05, 4.69) is 5.16 Å². The smallest absolute Gasteiger partial charge is 0.342 e. The normalized spacial score (nSPS) is 21.4. The van der Waals surface area contributed by atoms with Gasteiger partial charge in [0.05, 0.1) is 26.0 Å². The molecule has 6 heteroatoms. The molecule has 0 amide bonds. The summed E-state index contributed by atoms with van der Waals surface area (Å²) in [6, 6.07) is 3.61. The largest absolute Gasteiger partial charge is 0.497 e. The van der Waals surface area contributed by atoms with E-state index in [-0.39, 0.29) is 12.1 Å². The summed E-state index contributed by atoms with van der Waals surface area (Å²) in [7, 11) is 3.15. The molecule has 2 rings (SSSR count).